The molecule has 0 bridgehead atoms. The number of aromatic nitrogens is 3. The van der Waals surface area contributed by atoms with Crippen LogP contribution in [0, 0.1) is 19.3 Å². The maximum absolute atomic E-state index is 12.5. The molecule has 0 radical (unpaired) electrons. The molecule has 2 amide bonds. The van der Waals surface area contributed by atoms with Crippen molar-refractivity contribution in [2.45, 2.75) is 27.2 Å². The lowest BCUT2D eigenvalue weighted by molar-refractivity contribution is -0.146. The van der Waals surface area contributed by atoms with Crippen LogP contribution in [0.5, 0.6) is 0 Å². The van der Waals surface area contributed by atoms with Crippen LogP contribution in [0.15, 0.2) is 24.4 Å². The van der Waals surface area contributed by atoms with Crippen molar-refractivity contribution in [3.63, 3.8) is 0 Å². The average Bonchev–Trinajstić information content (AvgIpc) is 3.12. The van der Waals surface area contributed by atoms with Crippen molar-refractivity contribution < 1.29 is 14.7 Å². The van der Waals surface area contributed by atoms with Gasteiger partial charge in [0.25, 0.3) is 0 Å². The van der Waals surface area contributed by atoms with Gasteiger partial charge in [0.05, 0.1) is 11.1 Å². The number of carbonyl (C=O) groups excluding carboxylic acids is 1. The smallest absolute Gasteiger partial charge is 0.323 e. The third kappa shape index (κ3) is 3.33. The van der Waals surface area contributed by atoms with Crippen LogP contribution in [0.3, 0.4) is 0 Å². The molecule has 25 heavy (non-hydrogen) atoms. The Balaban J connectivity index is 1.80. The molecule has 3 rings (SSSR count). The summed E-state index contributed by atoms with van der Waals surface area (Å²) in [5.41, 5.74) is 0.883. The van der Waals surface area contributed by atoms with Crippen LogP contribution < -0.4 is 5.32 Å². The van der Waals surface area contributed by atoms with E-state index in [1.165, 1.54) is 4.90 Å². The van der Waals surface area contributed by atoms with E-state index in [0.29, 0.717) is 24.6 Å². The number of pyridine rings is 1. The molecule has 132 valence electrons. The number of carbonyl (C=O) groups is 2. The SMILES string of the molecule is Cc1ccnc(-n2nc(C)cc2NC(=O)N2CCC(C)(C(=O)O)C2)c1. The first-order valence-corrected chi connectivity index (χ1v) is 8.07. The average molecular weight is 343 g/mol. The van der Waals surface area contributed by atoms with Gasteiger partial charge in [-0.25, -0.2) is 9.78 Å². The van der Waals surface area contributed by atoms with Gasteiger partial charge in [-0.3, -0.25) is 10.1 Å². The Morgan fingerprint density at radius 1 is 1.32 bits per heavy atom. The second-order valence-electron chi connectivity index (χ2n) is 6.74. The topological polar surface area (TPSA) is 100 Å². The van der Waals surface area contributed by atoms with Crippen molar-refractivity contribution in [3.05, 3.63) is 35.7 Å². The molecule has 1 fully saturated rings. The molecule has 8 nitrogen and oxygen atoms in total. The van der Waals surface area contributed by atoms with Crippen LogP contribution >= 0.6 is 0 Å². The number of amides is 2. The number of rotatable bonds is 3. The molecular formula is C17H21N5O3. The number of nitrogens with zero attached hydrogens (tertiary/aromatic N) is 4. The van der Waals surface area contributed by atoms with Crippen molar-refractivity contribution in [1.29, 1.82) is 0 Å². The highest BCUT2D eigenvalue weighted by Gasteiger charge is 2.42. The number of aryl methyl sites for hydroxylation is 2. The predicted octanol–water partition coefficient (Wildman–Crippen LogP) is 2.21. The van der Waals surface area contributed by atoms with E-state index in [1.54, 1.807) is 23.9 Å². The number of hydrogen-bond acceptors (Lipinski definition) is 4. The van der Waals surface area contributed by atoms with Gasteiger partial charge in [0.15, 0.2) is 5.82 Å². The summed E-state index contributed by atoms with van der Waals surface area (Å²) >= 11 is 0. The summed E-state index contributed by atoms with van der Waals surface area (Å²) < 4.78 is 1.58. The van der Waals surface area contributed by atoms with E-state index in [9.17, 15) is 14.7 Å². The molecule has 0 spiro atoms. The summed E-state index contributed by atoms with van der Waals surface area (Å²) in [4.78, 5) is 29.7. The fourth-order valence-corrected chi connectivity index (χ4v) is 2.90. The Labute approximate surface area is 145 Å². The van der Waals surface area contributed by atoms with Gasteiger partial charge in [-0.05, 0) is 44.9 Å². The molecule has 2 aromatic heterocycles. The fourth-order valence-electron chi connectivity index (χ4n) is 2.90. The van der Waals surface area contributed by atoms with Crippen LogP contribution in [0.25, 0.3) is 5.82 Å². The molecule has 1 aliphatic rings. The minimum atomic E-state index is -0.897. The summed E-state index contributed by atoms with van der Waals surface area (Å²) in [5, 5.41) is 16.5. The predicted molar refractivity (Wildman–Crippen MR) is 91.8 cm³/mol. The summed E-state index contributed by atoms with van der Waals surface area (Å²) in [6, 6.07) is 5.18. The Morgan fingerprint density at radius 3 is 2.72 bits per heavy atom. The standard InChI is InChI=1S/C17H21N5O3/c1-11-4-6-18-13(8-11)22-14(9-12(2)20-22)19-16(25)21-7-5-17(3,10-21)15(23)24/h4,6,8-9H,5,7,10H2,1-3H3,(H,19,25)(H,23,24). The number of urea groups is 1. The molecule has 3 heterocycles. The van der Waals surface area contributed by atoms with Crippen LogP contribution in [-0.2, 0) is 4.79 Å². The van der Waals surface area contributed by atoms with E-state index in [2.05, 4.69) is 15.4 Å². The van der Waals surface area contributed by atoms with Crippen LogP contribution in [0.1, 0.15) is 24.6 Å². The fraction of sp³-hybridized carbons (Fsp3) is 0.412. The molecular weight excluding hydrogens is 322 g/mol. The molecule has 0 saturated carbocycles. The van der Waals surface area contributed by atoms with Crippen molar-refractivity contribution >= 4 is 17.8 Å². The second-order valence-corrected chi connectivity index (χ2v) is 6.74. The normalized spacial score (nSPS) is 19.9. The number of aliphatic carboxylic acids is 1. The van der Waals surface area contributed by atoms with Gasteiger partial charge >= 0.3 is 12.0 Å². The van der Waals surface area contributed by atoms with Crippen LogP contribution in [-0.4, -0.2) is 49.9 Å². The Hall–Kier alpha value is -2.90. The zero-order chi connectivity index (χ0) is 18.2. The molecule has 0 aromatic carbocycles. The maximum Gasteiger partial charge on any atom is 0.323 e. The van der Waals surface area contributed by atoms with Gasteiger partial charge in [-0.15, -0.1) is 0 Å². The first-order chi connectivity index (χ1) is 11.8. The number of anilines is 1. The zero-order valence-corrected chi connectivity index (χ0v) is 14.5. The lowest BCUT2D eigenvalue weighted by atomic mass is 9.90. The number of carboxylic acid groups (broad SMARTS) is 1. The highest BCUT2D eigenvalue weighted by molar-refractivity contribution is 5.90. The van der Waals surface area contributed by atoms with Crippen molar-refractivity contribution in [3.8, 4) is 5.82 Å². The lowest BCUT2D eigenvalue weighted by Gasteiger charge is -2.20. The largest absolute Gasteiger partial charge is 0.481 e. The van der Waals surface area contributed by atoms with Crippen LogP contribution in [0.2, 0.25) is 0 Å². The number of likely N-dealkylation sites (tertiary alicyclic amines) is 1. The number of carboxylic acids is 1. The Bertz CT molecular complexity index is 831. The van der Waals surface area contributed by atoms with Crippen LogP contribution in [0.4, 0.5) is 10.6 Å². The zero-order valence-electron chi connectivity index (χ0n) is 14.5. The highest BCUT2D eigenvalue weighted by Crippen LogP contribution is 2.30. The van der Waals surface area contributed by atoms with E-state index >= 15 is 0 Å². The van der Waals surface area contributed by atoms with E-state index in [0.717, 1.165) is 11.3 Å². The summed E-state index contributed by atoms with van der Waals surface area (Å²) in [6.07, 6.45) is 2.12. The van der Waals surface area contributed by atoms with Crippen molar-refractivity contribution in [1.82, 2.24) is 19.7 Å². The Morgan fingerprint density at radius 2 is 2.08 bits per heavy atom. The second kappa shape index (κ2) is 6.19. The highest BCUT2D eigenvalue weighted by atomic mass is 16.4. The first-order valence-electron chi connectivity index (χ1n) is 8.07. The molecule has 1 unspecified atom stereocenters. The summed E-state index contributed by atoms with van der Waals surface area (Å²) in [6.45, 7) is 6.04. The molecule has 1 saturated heterocycles. The number of hydrogen-bond donors (Lipinski definition) is 2. The molecule has 8 heteroatoms. The van der Waals surface area contributed by atoms with Gasteiger partial charge in [0.1, 0.15) is 5.82 Å². The van der Waals surface area contributed by atoms with E-state index in [4.69, 9.17) is 0 Å². The molecule has 1 atom stereocenters. The lowest BCUT2D eigenvalue weighted by Crippen LogP contribution is -2.37. The quantitative estimate of drug-likeness (QED) is 0.890. The minimum Gasteiger partial charge on any atom is -0.481 e. The van der Waals surface area contributed by atoms with E-state index < -0.39 is 11.4 Å². The van der Waals surface area contributed by atoms with Gasteiger partial charge in [-0.1, -0.05) is 0 Å². The van der Waals surface area contributed by atoms with Crippen molar-refractivity contribution in [2.75, 3.05) is 18.4 Å². The van der Waals surface area contributed by atoms with Gasteiger partial charge in [0.2, 0.25) is 0 Å². The molecule has 0 aliphatic carbocycles. The number of nitrogens with one attached hydrogen (secondary N) is 1. The van der Waals surface area contributed by atoms with Crippen molar-refractivity contribution in [2.24, 2.45) is 5.41 Å². The van der Waals surface area contributed by atoms with E-state index in [1.807, 2.05) is 26.0 Å². The van der Waals surface area contributed by atoms with Gasteiger partial charge in [-0.2, -0.15) is 9.78 Å². The van der Waals surface area contributed by atoms with E-state index in [-0.39, 0.29) is 12.6 Å². The van der Waals surface area contributed by atoms with Gasteiger partial charge < -0.3 is 10.0 Å². The molecule has 1 aliphatic heterocycles. The summed E-state index contributed by atoms with van der Waals surface area (Å²) in [5.74, 6) is 0.234. The monoisotopic (exact) mass is 343 g/mol. The third-order valence-corrected chi connectivity index (χ3v) is 4.46. The van der Waals surface area contributed by atoms with Gasteiger partial charge in [0, 0.05) is 25.4 Å². The Kier molecular flexibility index (Phi) is 4.20. The third-order valence-electron chi connectivity index (χ3n) is 4.46. The molecule has 2 N–H and O–H groups in total. The summed E-state index contributed by atoms with van der Waals surface area (Å²) in [7, 11) is 0. The first kappa shape index (κ1) is 16.9. The minimum absolute atomic E-state index is 0.185. The molecule has 2 aromatic rings. The maximum atomic E-state index is 12.5.